The molecule has 0 radical (unpaired) electrons. The molecular formula is C22H22FNO4. The van der Waals surface area contributed by atoms with Crippen LogP contribution in [0, 0.1) is 5.82 Å². The lowest BCUT2D eigenvalue weighted by Gasteiger charge is -2.22. The van der Waals surface area contributed by atoms with E-state index in [9.17, 15) is 14.3 Å². The van der Waals surface area contributed by atoms with Gasteiger partial charge in [-0.05, 0) is 67.1 Å². The van der Waals surface area contributed by atoms with Crippen LogP contribution in [0.5, 0.6) is 11.5 Å². The predicted molar refractivity (Wildman–Crippen MR) is 104 cm³/mol. The molecule has 1 aromatic heterocycles. The molecule has 1 atom stereocenters. The molecule has 6 heteroatoms. The van der Waals surface area contributed by atoms with E-state index in [0.717, 1.165) is 48.0 Å². The summed E-state index contributed by atoms with van der Waals surface area (Å²) in [6.45, 7) is 0. The highest BCUT2D eigenvalue weighted by molar-refractivity contribution is 5.90. The van der Waals surface area contributed by atoms with E-state index >= 15 is 0 Å². The summed E-state index contributed by atoms with van der Waals surface area (Å²) in [6, 6.07) is 9.01. The fraction of sp³-hybridized carbons (Fsp3) is 0.318. The summed E-state index contributed by atoms with van der Waals surface area (Å²) in [5, 5.41) is 11.1. The number of carboxylic acid groups (broad SMARTS) is 1. The van der Waals surface area contributed by atoms with Crippen LogP contribution in [0.4, 0.5) is 4.39 Å². The average molecular weight is 383 g/mol. The highest BCUT2D eigenvalue weighted by atomic mass is 19.1. The molecule has 0 aliphatic heterocycles. The summed E-state index contributed by atoms with van der Waals surface area (Å²) in [6.07, 6.45) is 3.77. The van der Waals surface area contributed by atoms with E-state index < -0.39 is 17.8 Å². The molecule has 28 heavy (non-hydrogen) atoms. The Kier molecular flexibility index (Phi) is 4.71. The van der Waals surface area contributed by atoms with Gasteiger partial charge < -0.3 is 19.1 Å². The van der Waals surface area contributed by atoms with Gasteiger partial charge in [0, 0.05) is 16.6 Å². The number of rotatable bonds is 5. The second-order valence-electron chi connectivity index (χ2n) is 7.02. The minimum atomic E-state index is -1.02. The van der Waals surface area contributed by atoms with Crippen LogP contribution in [0.2, 0.25) is 0 Å². The molecule has 1 N–H and O–H groups in total. The molecule has 0 amide bonds. The minimum Gasteiger partial charge on any atom is -0.497 e. The molecule has 1 heterocycles. The zero-order chi connectivity index (χ0) is 19.8. The number of carboxylic acids is 1. The number of ether oxygens (including phenoxy) is 2. The van der Waals surface area contributed by atoms with E-state index in [0.29, 0.717) is 5.56 Å². The van der Waals surface area contributed by atoms with Crippen LogP contribution in [0.3, 0.4) is 0 Å². The van der Waals surface area contributed by atoms with Gasteiger partial charge in [0.25, 0.3) is 0 Å². The minimum absolute atomic E-state index is 0.0945. The van der Waals surface area contributed by atoms with E-state index in [4.69, 9.17) is 9.47 Å². The molecule has 1 unspecified atom stereocenters. The first kappa shape index (κ1) is 18.3. The molecule has 2 aromatic carbocycles. The predicted octanol–water partition coefficient (Wildman–Crippen LogP) is 4.35. The van der Waals surface area contributed by atoms with Crippen molar-refractivity contribution in [3.8, 4) is 11.5 Å². The summed E-state index contributed by atoms with van der Waals surface area (Å²) in [4.78, 5) is 12.3. The normalized spacial score (nSPS) is 14.5. The molecule has 0 saturated carbocycles. The number of halogens is 1. The van der Waals surface area contributed by atoms with Crippen molar-refractivity contribution in [2.75, 3.05) is 14.2 Å². The van der Waals surface area contributed by atoms with Crippen molar-refractivity contribution < 1.29 is 23.8 Å². The molecule has 3 aromatic rings. The third-order valence-corrected chi connectivity index (χ3v) is 5.50. The second-order valence-corrected chi connectivity index (χ2v) is 7.02. The zero-order valence-electron chi connectivity index (χ0n) is 15.9. The smallest absolute Gasteiger partial charge is 0.331 e. The van der Waals surface area contributed by atoms with Crippen molar-refractivity contribution in [3.63, 3.8) is 0 Å². The van der Waals surface area contributed by atoms with Crippen molar-refractivity contribution in [3.05, 3.63) is 59.0 Å². The summed E-state index contributed by atoms with van der Waals surface area (Å²) >= 11 is 0. The maximum Gasteiger partial charge on any atom is 0.331 e. The van der Waals surface area contributed by atoms with Gasteiger partial charge in [-0.2, -0.15) is 0 Å². The van der Waals surface area contributed by atoms with Crippen molar-refractivity contribution in [1.29, 1.82) is 0 Å². The first-order chi connectivity index (χ1) is 13.5. The third kappa shape index (κ3) is 2.89. The highest BCUT2D eigenvalue weighted by Gasteiger charge is 2.30. The molecular weight excluding hydrogens is 361 g/mol. The first-order valence-corrected chi connectivity index (χ1v) is 9.31. The van der Waals surface area contributed by atoms with Gasteiger partial charge in [-0.15, -0.1) is 0 Å². The van der Waals surface area contributed by atoms with Gasteiger partial charge in [0.05, 0.1) is 14.2 Å². The topological polar surface area (TPSA) is 60.7 Å². The number of carbonyl (C=O) groups is 1. The van der Waals surface area contributed by atoms with E-state index in [1.807, 2.05) is 22.8 Å². The third-order valence-electron chi connectivity index (χ3n) is 5.50. The Balaban J connectivity index is 1.97. The lowest BCUT2D eigenvalue weighted by atomic mass is 9.95. The van der Waals surface area contributed by atoms with Crippen molar-refractivity contribution >= 4 is 16.9 Å². The number of methoxy groups -OCH3 is 2. The SMILES string of the molecule is COc1ccc2c(c1)c1c(n2C(C(=O)O)c2ccc(OC)c(F)c2)CCCC1. The quantitative estimate of drug-likeness (QED) is 0.712. The maximum atomic E-state index is 14.3. The Morgan fingerprint density at radius 1 is 1.11 bits per heavy atom. The van der Waals surface area contributed by atoms with Gasteiger partial charge >= 0.3 is 5.97 Å². The van der Waals surface area contributed by atoms with Crippen LogP contribution in [-0.4, -0.2) is 29.9 Å². The van der Waals surface area contributed by atoms with Gasteiger partial charge in [-0.3, -0.25) is 0 Å². The van der Waals surface area contributed by atoms with Crippen LogP contribution in [-0.2, 0) is 17.6 Å². The number of hydrogen-bond donors (Lipinski definition) is 1. The van der Waals surface area contributed by atoms with Gasteiger partial charge in [0.2, 0.25) is 0 Å². The number of aromatic nitrogens is 1. The second kappa shape index (κ2) is 7.19. The van der Waals surface area contributed by atoms with Gasteiger partial charge in [-0.1, -0.05) is 6.07 Å². The van der Waals surface area contributed by atoms with Crippen LogP contribution < -0.4 is 9.47 Å². The monoisotopic (exact) mass is 383 g/mol. The standard InChI is InChI=1S/C22H22FNO4/c1-27-14-8-9-19-16(12-14)15-5-3-4-6-18(15)24(19)21(22(25)26)13-7-10-20(28-2)17(23)11-13/h7-12,21H,3-6H2,1-2H3,(H,25,26). The largest absolute Gasteiger partial charge is 0.497 e. The fourth-order valence-electron chi connectivity index (χ4n) is 4.23. The average Bonchev–Trinajstić information content (AvgIpc) is 3.02. The highest BCUT2D eigenvalue weighted by Crippen LogP contribution is 2.38. The van der Waals surface area contributed by atoms with Crippen LogP contribution >= 0.6 is 0 Å². The molecule has 4 rings (SSSR count). The first-order valence-electron chi connectivity index (χ1n) is 9.31. The van der Waals surface area contributed by atoms with Crippen LogP contribution in [0.25, 0.3) is 10.9 Å². The number of fused-ring (bicyclic) bond motifs is 3. The summed E-state index contributed by atoms with van der Waals surface area (Å²) in [7, 11) is 3.00. The summed E-state index contributed by atoms with van der Waals surface area (Å²) in [5.74, 6) is -0.763. The maximum absolute atomic E-state index is 14.3. The van der Waals surface area contributed by atoms with Gasteiger partial charge in [0.1, 0.15) is 5.75 Å². The van der Waals surface area contributed by atoms with Crippen molar-refractivity contribution in [2.24, 2.45) is 0 Å². The Morgan fingerprint density at radius 3 is 2.57 bits per heavy atom. The molecule has 1 aliphatic rings. The molecule has 5 nitrogen and oxygen atoms in total. The molecule has 0 spiro atoms. The lowest BCUT2D eigenvalue weighted by molar-refractivity contribution is -0.139. The van der Waals surface area contributed by atoms with Crippen LogP contribution in [0.1, 0.15) is 35.7 Å². The van der Waals surface area contributed by atoms with E-state index in [1.54, 1.807) is 13.2 Å². The Labute approximate surface area is 162 Å². The molecule has 0 bridgehead atoms. The molecule has 1 aliphatic carbocycles. The van der Waals surface area contributed by atoms with Crippen molar-refractivity contribution in [1.82, 2.24) is 4.57 Å². The Bertz CT molecular complexity index is 1060. The summed E-state index contributed by atoms with van der Waals surface area (Å²) < 4.78 is 26.5. The number of hydrogen-bond acceptors (Lipinski definition) is 3. The number of nitrogens with zero attached hydrogens (tertiary/aromatic N) is 1. The van der Waals surface area contributed by atoms with Gasteiger partial charge in [0.15, 0.2) is 17.6 Å². The van der Waals surface area contributed by atoms with Crippen LogP contribution in [0.15, 0.2) is 36.4 Å². The Morgan fingerprint density at radius 2 is 1.89 bits per heavy atom. The van der Waals surface area contributed by atoms with E-state index in [-0.39, 0.29) is 5.75 Å². The lowest BCUT2D eigenvalue weighted by Crippen LogP contribution is -2.23. The zero-order valence-corrected chi connectivity index (χ0v) is 15.9. The number of aryl methyl sites for hydroxylation is 1. The summed E-state index contributed by atoms with van der Waals surface area (Å²) in [5.41, 5.74) is 3.39. The Hall–Kier alpha value is -3.02. The van der Waals surface area contributed by atoms with E-state index in [1.165, 1.54) is 24.8 Å². The molecule has 0 saturated heterocycles. The number of benzene rings is 2. The molecule has 146 valence electrons. The number of aliphatic carboxylic acids is 1. The van der Waals surface area contributed by atoms with Gasteiger partial charge in [-0.25, -0.2) is 9.18 Å². The van der Waals surface area contributed by atoms with Crippen molar-refractivity contribution in [2.45, 2.75) is 31.7 Å². The molecule has 0 fully saturated rings. The van der Waals surface area contributed by atoms with E-state index in [2.05, 4.69) is 0 Å². The fourth-order valence-corrected chi connectivity index (χ4v) is 4.23.